The first-order valence-corrected chi connectivity index (χ1v) is 4.16. The van der Waals surface area contributed by atoms with Gasteiger partial charge in [0.25, 0.3) is 0 Å². The molecule has 0 saturated heterocycles. The van der Waals surface area contributed by atoms with E-state index in [0.29, 0.717) is 6.42 Å². The van der Waals surface area contributed by atoms with E-state index in [9.17, 15) is 5.11 Å². The molecular weight excluding hydrogens is 164 g/mol. The highest BCUT2D eigenvalue weighted by Gasteiger charge is 1.97. The number of hydrogen-bond acceptors (Lipinski definition) is 3. The summed E-state index contributed by atoms with van der Waals surface area (Å²) in [5.41, 5.74) is 11.5. The minimum Gasteiger partial charge on any atom is -0.508 e. The van der Waals surface area contributed by atoms with Crippen molar-refractivity contribution in [3.05, 3.63) is 42.0 Å². The Morgan fingerprint density at radius 2 is 1.92 bits per heavy atom. The highest BCUT2D eigenvalue weighted by atomic mass is 16.3. The first-order valence-electron chi connectivity index (χ1n) is 4.16. The molecule has 0 unspecified atom stereocenters. The lowest BCUT2D eigenvalue weighted by Crippen LogP contribution is -2.29. The Kier molecular flexibility index (Phi) is 3.49. The summed E-state index contributed by atoms with van der Waals surface area (Å²) < 4.78 is 0. The number of aliphatic hydroxyl groups excluding tert-OH is 1. The maximum atomic E-state index is 9.52. The van der Waals surface area contributed by atoms with Gasteiger partial charge in [-0.3, -0.25) is 0 Å². The molecular formula is C10H14N2O. The van der Waals surface area contributed by atoms with Crippen LogP contribution in [0.2, 0.25) is 0 Å². The van der Waals surface area contributed by atoms with Gasteiger partial charge in [0, 0.05) is 5.56 Å². The molecule has 1 aromatic rings. The molecule has 0 aliphatic rings. The molecule has 1 rings (SSSR count). The van der Waals surface area contributed by atoms with E-state index in [1.807, 2.05) is 30.3 Å². The summed E-state index contributed by atoms with van der Waals surface area (Å²) in [5, 5.41) is 9.52. The molecule has 5 N–H and O–H groups in total. The molecule has 0 fully saturated rings. The lowest BCUT2D eigenvalue weighted by molar-refractivity contribution is 0.507. The van der Waals surface area contributed by atoms with Crippen LogP contribution in [0.5, 0.6) is 0 Å². The highest BCUT2D eigenvalue weighted by Crippen LogP contribution is 2.10. The van der Waals surface area contributed by atoms with Crippen LogP contribution in [-0.2, 0) is 0 Å². The third-order valence-corrected chi connectivity index (χ3v) is 1.65. The van der Waals surface area contributed by atoms with Gasteiger partial charge in [-0.15, -0.1) is 0 Å². The van der Waals surface area contributed by atoms with Crippen LogP contribution in [0.1, 0.15) is 12.0 Å². The Morgan fingerprint density at radius 1 is 1.31 bits per heavy atom. The molecule has 0 amide bonds. The normalized spacial score (nSPS) is 12.1. The topological polar surface area (TPSA) is 72.3 Å². The minimum atomic E-state index is -0.411. The quantitative estimate of drug-likeness (QED) is 0.481. The number of benzene rings is 1. The molecule has 0 radical (unpaired) electrons. The average Bonchev–Trinajstić information content (AvgIpc) is 2.15. The zero-order valence-corrected chi connectivity index (χ0v) is 7.35. The van der Waals surface area contributed by atoms with Crippen molar-refractivity contribution < 1.29 is 5.11 Å². The second-order valence-corrected chi connectivity index (χ2v) is 2.85. The molecule has 0 aliphatic heterocycles. The number of rotatable bonds is 3. The Balaban J connectivity index is 2.68. The molecule has 0 spiro atoms. The van der Waals surface area contributed by atoms with Gasteiger partial charge >= 0.3 is 0 Å². The summed E-state index contributed by atoms with van der Waals surface area (Å²) in [6.07, 6.45) is 1.69. The van der Waals surface area contributed by atoms with Crippen molar-refractivity contribution in [2.24, 2.45) is 11.5 Å². The Hall–Kier alpha value is -1.32. The van der Waals surface area contributed by atoms with Crippen molar-refractivity contribution in [2.75, 3.05) is 0 Å². The maximum Gasteiger partial charge on any atom is 0.118 e. The molecule has 1 aromatic carbocycles. The van der Waals surface area contributed by atoms with Crippen molar-refractivity contribution in [1.82, 2.24) is 0 Å². The summed E-state index contributed by atoms with van der Waals surface area (Å²) >= 11 is 0. The SMILES string of the molecule is NC(N)CC=C(O)c1ccccc1. The van der Waals surface area contributed by atoms with Gasteiger partial charge in [-0.2, -0.15) is 0 Å². The molecule has 3 heteroatoms. The lowest BCUT2D eigenvalue weighted by Gasteiger charge is -2.02. The predicted octanol–water partition coefficient (Wildman–Crippen LogP) is 1.22. The standard InChI is InChI=1S/C10H14N2O/c11-10(12)7-6-9(13)8-4-2-1-3-5-8/h1-6,10,13H,7,11-12H2. The van der Waals surface area contributed by atoms with Crippen LogP contribution in [-0.4, -0.2) is 11.3 Å². The van der Waals surface area contributed by atoms with E-state index < -0.39 is 6.17 Å². The molecule has 0 bridgehead atoms. The van der Waals surface area contributed by atoms with Gasteiger partial charge < -0.3 is 16.6 Å². The van der Waals surface area contributed by atoms with Crippen molar-refractivity contribution in [2.45, 2.75) is 12.6 Å². The zero-order valence-electron chi connectivity index (χ0n) is 7.35. The summed E-state index contributed by atoms with van der Waals surface area (Å²) in [7, 11) is 0. The molecule has 0 aromatic heterocycles. The maximum absolute atomic E-state index is 9.52. The third kappa shape index (κ3) is 3.27. The van der Waals surface area contributed by atoms with E-state index in [1.165, 1.54) is 0 Å². The van der Waals surface area contributed by atoms with Gasteiger partial charge in [0.05, 0.1) is 6.17 Å². The van der Waals surface area contributed by atoms with Gasteiger partial charge in [-0.05, 0) is 12.5 Å². The molecule has 0 heterocycles. The van der Waals surface area contributed by atoms with Crippen LogP contribution in [0.25, 0.3) is 5.76 Å². The monoisotopic (exact) mass is 178 g/mol. The van der Waals surface area contributed by atoms with Crippen LogP contribution >= 0.6 is 0 Å². The fraction of sp³-hybridized carbons (Fsp3) is 0.200. The fourth-order valence-electron chi connectivity index (χ4n) is 0.974. The van der Waals surface area contributed by atoms with E-state index in [4.69, 9.17) is 11.5 Å². The summed E-state index contributed by atoms with van der Waals surface area (Å²) in [4.78, 5) is 0. The minimum absolute atomic E-state index is 0.224. The largest absolute Gasteiger partial charge is 0.508 e. The van der Waals surface area contributed by atoms with Crippen molar-refractivity contribution in [3.63, 3.8) is 0 Å². The highest BCUT2D eigenvalue weighted by molar-refractivity contribution is 5.57. The third-order valence-electron chi connectivity index (χ3n) is 1.65. The summed E-state index contributed by atoms with van der Waals surface area (Å²) in [6, 6.07) is 9.27. The predicted molar refractivity (Wildman–Crippen MR) is 53.8 cm³/mol. The van der Waals surface area contributed by atoms with E-state index in [1.54, 1.807) is 6.08 Å². The van der Waals surface area contributed by atoms with Crippen LogP contribution < -0.4 is 11.5 Å². The average molecular weight is 178 g/mol. The number of hydrogen-bond donors (Lipinski definition) is 3. The van der Waals surface area contributed by atoms with E-state index in [2.05, 4.69) is 0 Å². The second kappa shape index (κ2) is 4.64. The number of nitrogens with two attached hydrogens (primary N) is 2. The van der Waals surface area contributed by atoms with Crippen LogP contribution in [0, 0.1) is 0 Å². The molecule has 13 heavy (non-hydrogen) atoms. The smallest absolute Gasteiger partial charge is 0.118 e. The molecule has 0 atom stereocenters. The summed E-state index contributed by atoms with van der Waals surface area (Å²) in [6.45, 7) is 0. The molecule has 70 valence electrons. The van der Waals surface area contributed by atoms with E-state index in [0.717, 1.165) is 5.56 Å². The molecule has 0 saturated carbocycles. The first kappa shape index (κ1) is 9.77. The van der Waals surface area contributed by atoms with Gasteiger partial charge in [0.15, 0.2) is 0 Å². The van der Waals surface area contributed by atoms with Gasteiger partial charge in [-0.1, -0.05) is 30.3 Å². The van der Waals surface area contributed by atoms with Crippen LogP contribution in [0.3, 0.4) is 0 Å². The lowest BCUT2D eigenvalue weighted by atomic mass is 10.1. The number of aliphatic hydroxyl groups is 1. The first-order chi connectivity index (χ1) is 6.20. The van der Waals surface area contributed by atoms with Gasteiger partial charge in [-0.25, -0.2) is 0 Å². The fourth-order valence-corrected chi connectivity index (χ4v) is 0.974. The molecule has 3 nitrogen and oxygen atoms in total. The van der Waals surface area contributed by atoms with Gasteiger partial charge in [0.1, 0.15) is 5.76 Å². The van der Waals surface area contributed by atoms with Crippen molar-refractivity contribution >= 4 is 5.76 Å². The Morgan fingerprint density at radius 3 is 2.46 bits per heavy atom. The Bertz CT molecular complexity index is 280. The Labute approximate surface area is 77.7 Å². The zero-order chi connectivity index (χ0) is 9.68. The van der Waals surface area contributed by atoms with E-state index in [-0.39, 0.29) is 5.76 Å². The van der Waals surface area contributed by atoms with Crippen LogP contribution in [0.4, 0.5) is 0 Å². The van der Waals surface area contributed by atoms with Crippen molar-refractivity contribution in [3.8, 4) is 0 Å². The van der Waals surface area contributed by atoms with E-state index >= 15 is 0 Å². The molecule has 0 aliphatic carbocycles. The van der Waals surface area contributed by atoms with Gasteiger partial charge in [0.2, 0.25) is 0 Å². The summed E-state index contributed by atoms with van der Waals surface area (Å²) in [5.74, 6) is 0.224. The second-order valence-electron chi connectivity index (χ2n) is 2.85. The van der Waals surface area contributed by atoms with Crippen molar-refractivity contribution in [1.29, 1.82) is 0 Å². The van der Waals surface area contributed by atoms with Crippen LogP contribution in [0.15, 0.2) is 36.4 Å².